The van der Waals surface area contributed by atoms with Crippen LogP contribution in [0, 0.1) is 0 Å². The number of esters is 2. The van der Waals surface area contributed by atoms with Crippen molar-refractivity contribution in [2.75, 3.05) is 26.3 Å². The zero-order chi connectivity index (χ0) is 8.81. The van der Waals surface area contributed by atoms with E-state index in [0.717, 1.165) is 0 Å². The third-order valence-corrected chi connectivity index (χ3v) is 1.35. The van der Waals surface area contributed by atoms with E-state index in [0.29, 0.717) is 19.6 Å². The van der Waals surface area contributed by atoms with Crippen LogP contribution in [0.5, 0.6) is 0 Å². The fourth-order valence-corrected chi connectivity index (χ4v) is 0.800. The second-order valence-electron chi connectivity index (χ2n) is 2.40. The average Bonchev–Trinajstić information content (AvgIpc) is 2.04. The van der Waals surface area contributed by atoms with Gasteiger partial charge in [-0.25, -0.2) is 0 Å². The Morgan fingerprint density at radius 1 is 1.00 bits per heavy atom. The summed E-state index contributed by atoms with van der Waals surface area (Å²) in [6.45, 7) is 0.756. The van der Waals surface area contributed by atoms with Crippen molar-refractivity contribution < 1.29 is 19.1 Å². The van der Waals surface area contributed by atoms with Gasteiger partial charge in [0.2, 0.25) is 0 Å². The Kier molecular flexibility index (Phi) is 5.82. The lowest BCUT2D eigenvalue weighted by Gasteiger charge is -2.09. The molecule has 0 spiro atoms. The summed E-state index contributed by atoms with van der Waals surface area (Å²) in [6, 6.07) is 0. The smallest absolute Gasteiger partial charge is 0.319 e. The van der Waals surface area contributed by atoms with Gasteiger partial charge in [0.25, 0.3) is 0 Å². The van der Waals surface area contributed by atoms with Gasteiger partial charge in [0.05, 0.1) is 26.3 Å². The summed E-state index contributed by atoms with van der Waals surface area (Å²) in [7, 11) is 0. The van der Waals surface area contributed by atoms with Gasteiger partial charge in [-0.1, -0.05) is 0 Å². The SMILES string of the molecule is N.O=C1CNCC(=O)OCCCO1. The first-order valence-electron chi connectivity index (χ1n) is 3.81. The molecule has 0 aromatic carbocycles. The lowest BCUT2D eigenvalue weighted by molar-refractivity contribution is -0.147. The van der Waals surface area contributed by atoms with E-state index in [9.17, 15) is 9.59 Å². The Hall–Kier alpha value is -1.14. The molecule has 0 amide bonds. The van der Waals surface area contributed by atoms with Crippen molar-refractivity contribution in [2.24, 2.45) is 0 Å². The van der Waals surface area contributed by atoms with Crippen LogP contribution in [0.2, 0.25) is 0 Å². The second-order valence-corrected chi connectivity index (χ2v) is 2.40. The molecule has 0 unspecified atom stereocenters. The monoisotopic (exact) mass is 190 g/mol. The minimum absolute atomic E-state index is 0. The summed E-state index contributed by atoms with van der Waals surface area (Å²) in [6.07, 6.45) is 0.567. The third-order valence-electron chi connectivity index (χ3n) is 1.35. The molecule has 0 saturated carbocycles. The summed E-state index contributed by atoms with van der Waals surface area (Å²) in [5.41, 5.74) is 0. The fraction of sp³-hybridized carbons (Fsp3) is 0.714. The molecule has 1 fully saturated rings. The highest BCUT2D eigenvalue weighted by molar-refractivity contribution is 5.75. The molecule has 1 saturated heterocycles. The van der Waals surface area contributed by atoms with Gasteiger partial charge >= 0.3 is 11.9 Å². The van der Waals surface area contributed by atoms with E-state index in [2.05, 4.69) is 5.32 Å². The molecule has 1 rings (SSSR count). The highest BCUT2D eigenvalue weighted by Crippen LogP contribution is 1.89. The van der Waals surface area contributed by atoms with E-state index in [1.54, 1.807) is 0 Å². The van der Waals surface area contributed by atoms with Crippen LogP contribution in [0.25, 0.3) is 0 Å². The van der Waals surface area contributed by atoms with Crippen LogP contribution in [0.15, 0.2) is 0 Å². The van der Waals surface area contributed by atoms with E-state index in [-0.39, 0.29) is 31.2 Å². The van der Waals surface area contributed by atoms with Crippen molar-refractivity contribution >= 4 is 11.9 Å². The Morgan fingerprint density at radius 2 is 1.46 bits per heavy atom. The van der Waals surface area contributed by atoms with Gasteiger partial charge in [-0.3, -0.25) is 14.9 Å². The predicted octanol–water partition coefficient (Wildman–Crippen LogP) is -0.772. The van der Waals surface area contributed by atoms with E-state index in [1.165, 1.54) is 0 Å². The molecule has 0 aromatic rings. The number of carbonyl (C=O) groups is 2. The third kappa shape index (κ3) is 5.15. The van der Waals surface area contributed by atoms with Crippen LogP contribution >= 0.6 is 0 Å². The van der Waals surface area contributed by atoms with Crippen molar-refractivity contribution in [3.8, 4) is 0 Å². The van der Waals surface area contributed by atoms with Crippen molar-refractivity contribution in [1.29, 1.82) is 0 Å². The van der Waals surface area contributed by atoms with Crippen LogP contribution in [0.1, 0.15) is 6.42 Å². The van der Waals surface area contributed by atoms with Crippen LogP contribution in [0.4, 0.5) is 0 Å². The Labute approximate surface area is 76.2 Å². The molecule has 1 heterocycles. The van der Waals surface area contributed by atoms with Crippen molar-refractivity contribution in [3.05, 3.63) is 0 Å². The van der Waals surface area contributed by atoms with Gasteiger partial charge in [0.1, 0.15) is 0 Å². The van der Waals surface area contributed by atoms with Gasteiger partial charge in [-0.05, 0) is 0 Å². The molecule has 6 nitrogen and oxygen atoms in total. The summed E-state index contributed by atoms with van der Waals surface area (Å²) in [5.74, 6) is -0.658. The molecular formula is C7H14N2O4. The van der Waals surface area contributed by atoms with Crippen LogP contribution in [0.3, 0.4) is 0 Å². The molecule has 1 aliphatic rings. The zero-order valence-corrected chi connectivity index (χ0v) is 7.38. The molecule has 0 aromatic heterocycles. The van der Waals surface area contributed by atoms with Crippen molar-refractivity contribution in [3.63, 3.8) is 0 Å². The number of cyclic esters (lactones) is 2. The number of ether oxygens (including phenoxy) is 2. The standard InChI is InChI=1S/C7H11NO4.H3N/c9-6-4-8-5-7(10)12-3-1-2-11-6;/h8H,1-5H2;1H3. The number of carbonyl (C=O) groups excluding carboxylic acids is 2. The molecule has 76 valence electrons. The Bertz CT molecular complexity index is 165. The van der Waals surface area contributed by atoms with Gasteiger partial charge in [-0.15, -0.1) is 0 Å². The first kappa shape index (κ1) is 11.9. The number of rotatable bonds is 0. The minimum atomic E-state index is -0.329. The average molecular weight is 190 g/mol. The van der Waals surface area contributed by atoms with Crippen LogP contribution < -0.4 is 11.5 Å². The quantitative estimate of drug-likeness (QED) is 0.486. The summed E-state index contributed by atoms with van der Waals surface area (Å²) in [5, 5.41) is 2.61. The largest absolute Gasteiger partial charge is 0.465 e. The topological polar surface area (TPSA) is 99.6 Å². The van der Waals surface area contributed by atoms with Crippen molar-refractivity contribution in [2.45, 2.75) is 6.42 Å². The van der Waals surface area contributed by atoms with E-state index >= 15 is 0 Å². The van der Waals surface area contributed by atoms with Crippen LogP contribution in [-0.2, 0) is 19.1 Å². The second kappa shape index (κ2) is 6.38. The van der Waals surface area contributed by atoms with E-state index in [1.807, 2.05) is 0 Å². The molecule has 6 heteroatoms. The Morgan fingerprint density at radius 3 is 1.92 bits per heavy atom. The zero-order valence-electron chi connectivity index (χ0n) is 7.38. The minimum Gasteiger partial charge on any atom is -0.465 e. The van der Waals surface area contributed by atoms with Gasteiger partial charge < -0.3 is 15.6 Å². The molecule has 0 aliphatic carbocycles. The molecule has 13 heavy (non-hydrogen) atoms. The van der Waals surface area contributed by atoms with Gasteiger partial charge in [-0.2, -0.15) is 0 Å². The molecule has 0 radical (unpaired) electrons. The maximum atomic E-state index is 10.8. The molecule has 1 aliphatic heterocycles. The molecule has 0 bridgehead atoms. The van der Waals surface area contributed by atoms with Gasteiger partial charge in [0.15, 0.2) is 0 Å². The number of hydrogen-bond donors (Lipinski definition) is 2. The first-order chi connectivity index (χ1) is 5.79. The molecule has 0 atom stereocenters. The lowest BCUT2D eigenvalue weighted by atomic mass is 10.4. The van der Waals surface area contributed by atoms with E-state index in [4.69, 9.17) is 9.47 Å². The summed E-state index contributed by atoms with van der Waals surface area (Å²) in [4.78, 5) is 21.5. The molecular weight excluding hydrogens is 176 g/mol. The van der Waals surface area contributed by atoms with E-state index < -0.39 is 0 Å². The fourth-order valence-electron chi connectivity index (χ4n) is 0.800. The van der Waals surface area contributed by atoms with Crippen molar-refractivity contribution in [1.82, 2.24) is 11.5 Å². The lowest BCUT2D eigenvalue weighted by Crippen LogP contribution is -2.32. The normalized spacial score (nSPS) is 19.4. The van der Waals surface area contributed by atoms with Crippen LogP contribution in [-0.4, -0.2) is 38.2 Å². The summed E-state index contributed by atoms with van der Waals surface area (Å²) < 4.78 is 9.52. The maximum Gasteiger partial charge on any atom is 0.319 e. The Balaban J connectivity index is 0.00000144. The van der Waals surface area contributed by atoms with Gasteiger partial charge in [0, 0.05) is 6.42 Å². The molecule has 4 N–H and O–H groups in total. The number of hydrogen-bond acceptors (Lipinski definition) is 6. The maximum absolute atomic E-state index is 10.8. The highest BCUT2D eigenvalue weighted by Gasteiger charge is 2.08. The first-order valence-corrected chi connectivity index (χ1v) is 3.81. The highest BCUT2D eigenvalue weighted by atomic mass is 16.5. The summed E-state index contributed by atoms with van der Waals surface area (Å²) >= 11 is 0. The predicted molar refractivity (Wildman–Crippen MR) is 44.4 cm³/mol. The number of nitrogens with one attached hydrogen (secondary N) is 1.